The molecule has 1 aliphatic heterocycles. The molecule has 0 aromatic heterocycles. The van der Waals surface area contributed by atoms with Crippen molar-refractivity contribution in [2.75, 3.05) is 13.7 Å². The van der Waals surface area contributed by atoms with Crippen LogP contribution in [0, 0.1) is 5.92 Å². The van der Waals surface area contributed by atoms with Crippen LogP contribution >= 0.6 is 0 Å². The molecule has 1 heterocycles. The third kappa shape index (κ3) is 2.36. The molecule has 108 valence electrons. The number of nitrogens with one attached hydrogen (secondary N) is 1. The standard InChI is InChI=1S/C14H24N2O3/c1-5-11(8-19-4)16-9(2)12(17)15-14(3,13(16)18)10-6-7-10/h9-11H,5-8H2,1-4H3,(H,15,17). The van der Waals surface area contributed by atoms with Gasteiger partial charge in [-0.05, 0) is 39.0 Å². The van der Waals surface area contributed by atoms with E-state index in [2.05, 4.69) is 5.32 Å². The molecule has 2 amide bonds. The summed E-state index contributed by atoms with van der Waals surface area (Å²) in [5, 5.41) is 2.93. The van der Waals surface area contributed by atoms with Crippen molar-refractivity contribution < 1.29 is 14.3 Å². The minimum absolute atomic E-state index is 0.0309. The van der Waals surface area contributed by atoms with Crippen molar-refractivity contribution in [3.8, 4) is 0 Å². The van der Waals surface area contributed by atoms with Crippen LogP contribution in [0.5, 0.6) is 0 Å². The molecule has 1 saturated heterocycles. The van der Waals surface area contributed by atoms with Crippen molar-refractivity contribution >= 4 is 11.8 Å². The lowest BCUT2D eigenvalue weighted by Crippen LogP contribution is -2.71. The lowest BCUT2D eigenvalue weighted by atomic mass is 9.88. The number of rotatable bonds is 5. The Balaban J connectivity index is 2.27. The Morgan fingerprint density at radius 1 is 1.47 bits per heavy atom. The third-order valence-corrected chi connectivity index (χ3v) is 4.48. The highest BCUT2D eigenvalue weighted by Crippen LogP contribution is 2.42. The zero-order chi connectivity index (χ0) is 14.2. The summed E-state index contributed by atoms with van der Waals surface area (Å²) in [7, 11) is 1.63. The molecular weight excluding hydrogens is 244 g/mol. The molecule has 2 rings (SSSR count). The van der Waals surface area contributed by atoms with Gasteiger partial charge >= 0.3 is 0 Å². The van der Waals surface area contributed by atoms with Crippen LogP contribution < -0.4 is 5.32 Å². The first-order chi connectivity index (χ1) is 8.95. The van der Waals surface area contributed by atoms with Gasteiger partial charge in [-0.25, -0.2) is 0 Å². The molecule has 5 nitrogen and oxygen atoms in total. The fourth-order valence-corrected chi connectivity index (χ4v) is 2.99. The first-order valence-corrected chi connectivity index (χ1v) is 7.09. The molecule has 0 aromatic rings. The van der Waals surface area contributed by atoms with E-state index in [1.165, 1.54) is 0 Å². The summed E-state index contributed by atoms with van der Waals surface area (Å²) in [5.74, 6) is 0.286. The predicted octanol–water partition coefficient (Wildman–Crippen LogP) is 0.927. The van der Waals surface area contributed by atoms with Crippen LogP contribution in [0.15, 0.2) is 0 Å². The molecule has 19 heavy (non-hydrogen) atoms. The molecule has 3 unspecified atom stereocenters. The SMILES string of the molecule is CCC(COC)N1C(=O)C(C)(C2CC2)NC(=O)C1C. The number of amides is 2. The van der Waals surface area contributed by atoms with E-state index < -0.39 is 11.6 Å². The van der Waals surface area contributed by atoms with Crippen LogP contribution in [0.1, 0.15) is 40.0 Å². The molecule has 2 aliphatic rings. The topological polar surface area (TPSA) is 58.6 Å². The quantitative estimate of drug-likeness (QED) is 0.807. The summed E-state index contributed by atoms with van der Waals surface area (Å²) >= 11 is 0. The van der Waals surface area contributed by atoms with Gasteiger partial charge in [-0.15, -0.1) is 0 Å². The van der Waals surface area contributed by atoms with Gasteiger partial charge in [0, 0.05) is 7.11 Å². The van der Waals surface area contributed by atoms with E-state index in [4.69, 9.17) is 4.74 Å². The third-order valence-electron chi connectivity index (χ3n) is 4.48. The van der Waals surface area contributed by atoms with Crippen molar-refractivity contribution in [1.82, 2.24) is 10.2 Å². The Morgan fingerprint density at radius 2 is 2.11 bits per heavy atom. The smallest absolute Gasteiger partial charge is 0.249 e. The van der Waals surface area contributed by atoms with Gasteiger partial charge in [0.25, 0.3) is 0 Å². The zero-order valence-corrected chi connectivity index (χ0v) is 12.2. The number of ether oxygens (including phenoxy) is 1. The predicted molar refractivity (Wildman–Crippen MR) is 71.5 cm³/mol. The largest absolute Gasteiger partial charge is 0.383 e. The molecule has 1 N–H and O–H groups in total. The fourth-order valence-electron chi connectivity index (χ4n) is 2.99. The molecule has 2 fully saturated rings. The fraction of sp³-hybridized carbons (Fsp3) is 0.857. The summed E-state index contributed by atoms with van der Waals surface area (Å²) in [5.41, 5.74) is -0.718. The molecule has 0 bridgehead atoms. The molecule has 1 aliphatic carbocycles. The minimum atomic E-state index is -0.718. The van der Waals surface area contributed by atoms with Gasteiger partial charge in [0.2, 0.25) is 11.8 Å². The maximum atomic E-state index is 12.8. The second kappa shape index (κ2) is 5.12. The first-order valence-electron chi connectivity index (χ1n) is 7.09. The van der Waals surface area contributed by atoms with E-state index in [0.29, 0.717) is 12.5 Å². The molecule has 3 atom stereocenters. The second-order valence-electron chi connectivity index (χ2n) is 5.87. The monoisotopic (exact) mass is 268 g/mol. The maximum Gasteiger partial charge on any atom is 0.249 e. The molecule has 0 radical (unpaired) electrons. The van der Waals surface area contributed by atoms with Gasteiger partial charge in [0.15, 0.2) is 0 Å². The molecular formula is C14H24N2O3. The Kier molecular flexibility index (Phi) is 3.85. The Morgan fingerprint density at radius 3 is 2.58 bits per heavy atom. The van der Waals surface area contributed by atoms with E-state index in [0.717, 1.165) is 19.3 Å². The first kappa shape index (κ1) is 14.3. The summed E-state index contributed by atoms with van der Waals surface area (Å²) in [6.07, 6.45) is 2.83. The van der Waals surface area contributed by atoms with Gasteiger partial charge in [-0.3, -0.25) is 9.59 Å². The molecule has 0 aromatic carbocycles. The van der Waals surface area contributed by atoms with Crippen molar-refractivity contribution in [1.29, 1.82) is 0 Å². The summed E-state index contributed by atoms with van der Waals surface area (Å²) in [4.78, 5) is 26.7. The molecule has 1 saturated carbocycles. The van der Waals surface area contributed by atoms with Crippen molar-refractivity contribution in [3.05, 3.63) is 0 Å². The van der Waals surface area contributed by atoms with Crippen LogP contribution in [-0.2, 0) is 14.3 Å². The average Bonchev–Trinajstić information content (AvgIpc) is 3.20. The van der Waals surface area contributed by atoms with E-state index >= 15 is 0 Å². The van der Waals surface area contributed by atoms with E-state index in [-0.39, 0.29) is 17.9 Å². The van der Waals surface area contributed by atoms with E-state index in [1.54, 1.807) is 18.9 Å². The van der Waals surface area contributed by atoms with Crippen LogP contribution in [0.3, 0.4) is 0 Å². The van der Waals surface area contributed by atoms with E-state index in [9.17, 15) is 9.59 Å². The highest BCUT2D eigenvalue weighted by atomic mass is 16.5. The van der Waals surface area contributed by atoms with Crippen LogP contribution in [0.2, 0.25) is 0 Å². The van der Waals surface area contributed by atoms with Gasteiger partial charge < -0.3 is 15.0 Å². The normalized spacial score (nSPS) is 33.3. The molecule has 0 spiro atoms. The number of methoxy groups -OCH3 is 1. The highest BCUT2D eigenvalue weighted by Gasteiger charge is 2.55. The van der Waals surface area contributed by atoms with Crippen molar-refractivity contribution in [2.24, 2.45) is 5.92 Å². The lowest BCUT2D eigenvalue weighted by Gasteiger charge is -2.46. The zero-order valence-electron chi connectivity index (χ0n) is 12.2. The number of carbonyl (C=O) groups is 2. The van der Waals surface area contributed by atoms with Gasteiger partial charge in [-0.1, -0.05) is 6.92 Å². The number of piperazine rings is 1. The van der Waals surface area contributed by atoms with Crippen LogP contribution in [0.4, 0.5) is 0 Å². The summed E-state index contributed by atoms with van der Waals surface area (Å²) < 4.78 is 5.20. The molecule has 5 heteroatoms. The summed E-state index contributed by atoms with van der Waals surface area (Å²) in [6, 6.07) is -0.448. The Labute approximate surface area is 114 Å². The number of carbonyl (C=O) groups excluding carboxylic acids is 2. The average molecular weight is 268 g/mol. The van der Waals surface area contributed by atoms with Crippen molar-refractivity contribution in [2.45, 2.75) is 57.7 Å². The summed E-state index contributed by atoms with van der Waals surface area (Å²) in [6.45, 7) is 6.15. The van der Waals surface area contributed by atoms with Gasteiger partial charge in [0.1, 0.15) is 11.6 Å². The van der Waals surface area contributed by atoms with E-state index in [1.807, 2.05) is 13.8 Å². The van der Waals surface area contributed by atoms with Crippen LogP contribution in [-0.4, -0.2) is 48.1 Å². The Bertz CT molecular complexity index is 381. The minimum Gasteiger partial charge on any atom is -0.383 e. The number of hydrogen-bond donors (Lipinski definition) is 1. The highest BCUT2D eigenvalue weighted by molar-refractivity contribution is 6.00. The Hall–Kier alpha value is -1.10. The lowest BCUT2D eigenvalue weighted by molar-refractivity contribution is -0.158. The number of hydrogen-bond acceptors (Lipinski definition) is 3. The second-order valence-corrected chi connectivity index (χ2v) is 5.87. The van der Waals surface area contributed by atoms with Gasteiger partial charge in [0.05, 0.1) is 12.6 Å². The van der Waals surface area contributed by atoms with Crippen molar-refractivity contribution in [3.63, 3.8) is 0 Å². The van der Waals surface area contributed by atoms with Gasteiger partial charge in [-0.2, -0.15) is 0 Å². The number of nitrogens with zero attached hydrogens (tertiary/aromatic N) is 1. The van der Waals surface area contributed by atoms with Crippen LogP contribution in [0.25, 0.3) is 0 Å². The maximum absolute atomic E-state index is 12.8.